The lowest BCUT2D eigenvalue weighted by atomic mass is 10.2. The van der Waals surface area contributed by atoms with Gasteiger partial charge in [-0.05, 0) is 37.3 Å². The van der Waals surface area contributed by atoms with Crippen molar-refractivity contribution in [2.45, 2.75) is 13.5 Å². The minimum atomic E-state index is -0.408. The van der Waals surface area contributed by atoms with Gasteiger partial charge in [0, 0.05) is 5.69 Å². The van der Waals surface area contributed by atoms with E-state index in [1.54, 1.807) is 49.6 Å². The number of anilines is 2. The average Bonchev–Trinajstić information content (AvgIpc) is 3.13. The topological polar surface area (TPSA) is 104 Å². The molecule has 7 nitrogen and oxygen atoms in total. The first-order valence-electron chi connectivity index (χ1n) is 7.58. The van der Waals surface area contributed by atoms with Crippen LogP contribution >= 0.6 is 0 Å². The summed E-state index contributed by atoms with van der Waals surface area (Å²) in [5, 5.41) is 14.8. The van der Waals surface area contributed by atoms with Crippen LogP contribution in [0.15, 0.2) is 53.1 Å². The number of rotatable bonds is 5. The van der Waals surface area contributed by atoms with Crippen LogP contribution in [0.3, 0.4) is 0 Å². The number of amides is 1. The number of aryl methyl sites for hydroxylation is 1. The Morgan fingerprint density at radius 2 is 2.08 bits per heavy atom. The van der Waals surface area contributed by atoms with E-state index in [-0.39, 0.29) is 5.69 Å². The molecule has 2 N–H and O–H groups in total. The molecule has 0 aliphatic heterocycles. The number of nitrogens with zero attached hydrogens (tertiary/aromatic N) is 3. The van der Waals surface area contributed by atoms with E-state index < -0.39 is 5.91 Å². The van der Waals surface area contributed by atoms with E-state index in [4.69, 9.17) is 9.68 Å². The van der Waals surface area contributed by atoms with Gasteiger partial charge in [0.1, 0.15) is 17.5 Å². The summed E-state index contributed by atoms with van der Waals surface area (Å²) in [4.78, 5) is 20.9. The fourth-order valence-corrected chi connectivity index (χ4v) is 2.22. The van der Waals surface area contributed by atoms with Gasteiger partial charge >= 0.3 is 0 Å². The number of hydrogen-bond acceptors (Lipinski definition) is 6. The summed E-state index contributed by atoms with van der Waals surface area (Å²) in [5.41, 5.74) is 1.69. The molecule has 2 aromatic heterocycles. The maximum Gasteiger partial charge on any atom is 0.274 e. The molecular formula is C18H15N5O2. The molecule has 7 heteroatoms. The Morgan fingerprint density at radius 3 is 2.84 bits per heavy atom. The highest BCUT2D eigenvalue weighted by Gasteiger charge is 2.13. The summed E-state index contributed by atoms with van der Waals surface area (Å²) in [6, 6.07) is 14.0. The Kier molecular flexibility index (Phi) is 4.72. The molecule has 3 rings (SSSR count). The molecule has 2 heterocycles. The van der Waals surface area contributed by atoms with Crippen LogP contribution in [0, 0.1) is 18.3 Å². The molecule has 3 aromatic rings. The van der Waals surface area contributed by atoms with E-state index in [2.05, 4.69) is 20.6 Å². The van der Waals surface area contributed by atoms with Gasteiger partial charge in [-0.3, -0.25) is 4.79 Å². The van der Waals surface area contributed by atoms with Gasteiger partial charge in [0.15, 0.2) is 0 Å². The predicted molar refractivity (Wildman–Crippen MR) is 91.9 cm³/mol. The fourth-order valence-electron chi connectivity index (χ4n) is 2.22. The second-order valence-corrected chi connectivity index (χ2v) is 5.26. The smallest absolute Gasteiger partial charge is 0.274 e. The molecule has 1 amide bonds. The largest absolute Gasteiger partial charge is 0.467 e. The van der Waals surface area contributed by atoms with Crippen molar-refractivity contribution in [1.29, 1.82) is 5.26 Å². The van der Waals surface area contributed by atoms with Crippen molar-refractivity contribution >= 4 is 17.5 Å². The van der Waals surface area contributed by atoms with Crippen LogP contribution in [-0.2, 0) is 6.54 Å². The number of furan rings is 1. The molecule has 0 unspecified atom stereocenters. The van der Waals surface area contributed by atoms with Crippen LogP contribution in [0.4, 0.5) is 11.6 Å². The Balaban J connectivity index is 1.77. The summed E-state index contributed by atoms with van der Waals surface area (Å²) in [7, 11) is 0. The minimum Gasteiger partial charge on any atom is -0.467 e. The van der Waals surface area contributed by atoms with Gasteiger partial charge < -0.3 is 15.1 Å². The van der Waals surface area contributed by atoms with Gasteiger partial charge in [-0.25, -0.2) is 9.97 Å². The molecule has 1 aromatic carbocycles. The Hall–Kier alpha value is -3.66. The summed E-state index contributed by atoms with van der Waals surface area (Å²) in [6.45, 7) is 2.19. The summed E-state index contributed by atoms with van der Waals surface area (Å²) in [5.74, 6) is 0.656. The molecule has 0 saturated carbocycles. The summed E-state index contributed by atoms with van der Waals surface area (Å²) in [6.07, 6.45) is 1.58. The Bertz CT molecular complexity index is 929. The van der Waals surface area contributed by atoms with E-state index in [9.17, 15) is 4.79 Å². The summed E-state index contributed by atoms with van der Waals surface area (Å²) < 4.78 is 5.24. The highest BCUT2D eigenvalue weighted by molar-refractivity contribution is 6.03. The zero-order valence-corrected chi connectivity index (χ0v) is 13.5. The molecule has 0 radical (unpaired) electrons. The lowest BCUT2D eigenvalue weighted by Gasteiger charge is -2.09. The van der Waals surface area contributed by atoms with Crippen LogP contribution in [0.5, 0.6) is 0 Å². The Morgan fingerprint density at radius 1 is 1.24 bits per heavy atom. The first kappa shape index (κ1) is 16.2. The molecule has 124 valence electrons. The van der Waals surface area contributed by atoms with Gasteiger partial charge in [0.2, 0.25) is 5.95 Å². The maximum absolute atomic E-state index is 12.5. The van der Waals surface area contributed by atoms with Crippen LogP contribution in [-0.4, -0.2) is 15.9 Å². The van der Waals surface area contributed by atoms with Crippen LogP contribution in [0.1, 0.15) is 27.5 Å². The standard InChI is InChI=1S/C18H15N5O2/c1-12-9-16(17(24)22-15-7-3-2-5-13(15)10-19)23-18(21-12)20-11-14-6-4-8-25-14/h2-9H,11H2,1H3,(H,22,24)(H,20,21,23). The first-order chi connectivity index (χ1) is 12.2. The SMILES string of the molecule is Cc1cc(C(=O)Nc2ccccc2C#N)nc(NCc2ccco2)n1. The van der Waals surface area contributed by atoms with E-state index in [0.29, 0.717) is 29.4 Å². The number of carbonyl (C=O) groups excluding carboxylic acids is 1. The molecule has 0 atom stereocenters. The van der Waals surface area contributed by atoms with Crippen LogP contribution in [0.2, 0.25) is 0 Å². The van der Waals surface area contributed by atoms with Crippen molar-refractivity contribution in [3.8, 4) is 6.07 Å². The van der Waals surface area contributed by atoms with Crippen molar-refractivity contribution in [3.05, 3.63) is 71.4 Å². The monoisotopic (exact) mass is 333 g/mol. The predicted octanol–water partition coefficient (Wildman–Crippen LogP) is 3.11. The number of hydrogen-bond donors (Lipinski definition) is 2. The second kappa shape index (κ2) is 7.27. The third-order valence-corrected chi connectivity index (χ3v) is 3.38. The van der Waals surface area contributed by atoms with Gasteiger partial charge in [0.25, 0.3) is 5.91 Å². The quantitative estimate of drug-likeness (QED) is 0.743. The van der Waals surface area contributed by atoms with Gasteiger partial charge in [-0.2, -0.15) is 5.26 Å². The molecule has 0 spiro atoms. The third-order valence-electron chi connectivity index (χ3n) is 3.38. The van der Waals surface area contributed by atoms with Crippen molar-refractivity contribution < 1.29 is 9.21 Å². The zero-order chi connectivity index (χ0) is 17.6. The Labute approximate surface area is 144 Å². The van der Waals surface area contributed by atoms with E-state index in [1.807, 2.05) is 12.1 Å². The number of para-hydroxylation sites is 1. The molecule has 0 aliphatic carbocycles. The number of carbonyl (C=O) groups is 1. The molecule has 0 saturated heterocycles. The number of aromatic nitrogens is 2. The second-order valence-electron chi connectivity index (χ2n) is 5.26. The number of nitrogens with one attached hydrogen (secondary N) is 2. The van der Waals surface area contributed by atoms with E-state index in [1.165, 1.54) is 0 Å². The number of nitriles is 1. The lowest BCUT2D eigenvalue weighted by molar-refractivity contribution is 0.102. The number of benzene rings is 1. The van der Waals surface area contributed by atoms with Crippen molar-refractivity contribution in [2.24, 2.45) is 0 Å². The maximum atomic E-state index is 12.5. The molecule has 0 fully saturated rings. The fraction of sp³-hybridized carbons (Fsp3) is 0.111. The van der Waals surface area contributed by atoms with Crippen molar-refractivity contribution in [2.75, 3.05) is 10.6 Å². The van der Waals surface area contributed by atoms with Gasteiger partial charge in [0.05, 0.1) is 24.1 Å². The molecule has 0 bridgehead atoms. The first-order valence-corrected chi connectivity index (χ1v) is 7.58. The van der Waals surface area contributed by atoms with E-state index in [0.717, 1.165) is 5.76 Å². The van der Waals surface area contributed by atoms with Crippen LogP contribution in [0.25, 0.3) is 0 Å². The van der Waals surface area contributed by atoms with E-state index >= 15 is 0 Å². The highest BCUT2D eigenvalue weighted by atomic mass is 16.3. The van der Waals surface area contributed by atoms with Crippen molar-refractivity contribution in [1.82, 2.24) is 9.97 Å². The minimum absolute atomic E-state index is 0.210. The van der Waals surface area contributed by atoms with Gasteiger partial charge in [-0.15, -0.1) is 0 Å². The van der Waals surface area contributed by atoms with Crippen molar-refractivity contribution in [3.63, 3.8) is 0 Å². The molecule has 0 aliphatic rings. The third kappa shape index (κ3) is 4.00. The average molecular weight is 333 g/mol. The molecular weight excluding hydrogens is 318 g/mol. The normalized spacial score (nSPS) is 10.1. The highest BCUT2D eigenvalue weighted by Crippen LogP contribution is 2.15. The summed E-state index contributed by atoms with van der Waals surface area (Å²) >= 11 is 0. The van der Waals surface area contributed by atoms with Gasteiger partial charge in [-0.1, -0.05) is 12.1 Å². The lowest BCUT2D eigenvalue weighted by Crippen LogP contribution is -2.16. The van der Waals surface area contributed by atoms with Crippen LogP contribution < -0.4 is 10.6 Å². The molecule has 25 heavy (non-hydrogen) atoms. The zero-order valence-electron chi connectivity index (χ0n) is 13.5.